The fraction of sp³-hybridized carbons (Fsp3) is 0.667. The summed E-state index contributed by atoms with van der Waals surface area (Å²) in [6, 6.07) is 8.97. The Bertz CT molecular complexity index is 408. The van der Waals surface area contributed by atoms with Gasteiger partial charge in [-0.25, -0.2) is 0 Å². The first-order valence-electron chi connectivity index (χ1n) is 7.97. The third-order valence-corrected chi connectivity index (χ3v) is 4.99. The zero-order chi connectivity index (χ0) is 14.5. The fourth-order valence-electron chi connectivity index (χ4n) is 3.65. The van der Waals surface area contributed by atoms with Crippen molar-refractivity contribution in [3.63, 3.8) is 0 Å². The van der Waals surface area contributed by atoms with Gasteiger partial charge in [-0.15, -0.1) is 0 Å². The van der Waals surface area contributed by atoms with E-state index in [0.717, 1.165) is 23.5 Å². The number of methoxy groups -OCH3 is 1. The molecule has 2 nitrogen and oxygen atoms in total. The summed E-state index contributed by atoms with van der Waals surface area (Å²) in [5.41, 5.74) is 1.36. The lowest BCUT2D eigenvalue weighted by atomic mass is 9.73. The number of ether oxygens (including phenoxy) is 1. The van der Waals surface area contributed by atoms with Crippen LogP contribution >= 0.6 is 0 Å². The van der Waals surface area contributed by atoms with Crippen molar-refractivity contribution >= 4 is 0 Å². The van der Waals surface area contributed by atoms with Gasteiger partial charge >= 0.3 is 0 Å². The summed E-state index contributed by atoms with van der Waals surface area (Å²) in [5.74, 6) is 3.47. The highest BCUT2D eigenvalue weighted by Crippen LogP contribution is 2.39. The Morgan fingerprint density at radius 2 is 1.75 bits per heavy atom. The summed E-state index contributed by atoms with van der Waals surface area (Å²) >= 11 is 0. The van der Waals surface area contributed by atoms with Gasteiger partial charge in [0, 0.05) is 6.04 Å². The molecule has 0 aliphatic heterocycles. The minimum Gasteiger partial charge on any atom is -0.497 e. The highest BCUT2D eigenvalue weighted by molar-refractivity contribution is 5.31. The Morgan fingerprint density at radius 3 is 2.30 bits per heavy atom. The summed E-state index contributed by atoms with van der Waals surface area (Å²) in [4.78, 5) is 0. The summed E-state index contributed by atoms with van der Waals surface area (Å²) in [6.07, 6.45) is 5.44. The van der Waals surface area contributed by atoms with Crippen LogP contribution in [0, 0.1) is 17.8 Å². The molecule has 1 aromatic rings. The van der Waals surface area contributed by atoms with Crippen molar-refractivity contribution in [2.45, 2.75) is 45.6 Å². The molecule has 112 valence electrons. The predicted octanol–water partition coefficient (Wildman–Crippen LogP) is 4.42. The topological polar surface area (TPSA) is 21.3 Å². The summed E-state index contributed by atoms with van der Waals surface area (Å²) in [6.45, 7) is 4.73. The Balaban J connectivity index is 2.05. The number of hydrogen-bond acceptors (Lipinski definition) is 2. The SMILES string of the molecule is CNC(c1cccc(OC)c1)C1CCC(C(C)C)CC1. The maximum atomic E-state index is 5.36. The molecule has 1 N–H and O–H groups in total. The van der Waals surface area contributed by atoms with E-state index in [1.54, 1.807) is 7.11 Å². The van der Waals surface area contributed by atoms with E-state index in [2.05, 4.69) is 44.4 Å². The molecule has 0 saturated heterocycles. The van der Waals surface area contributed by atoms with Gasteiger partial charge in [0.05, 0.1) is 7.11 Å². The van der Waals surface area contributed by atoms with E-state index in [4.69, 9.17) is 4.74 Å². The molecule has 2 heteroatoms. The second-order valence-corrected chi connectivity index (χ2v) is 6.46. The van der Waals surface area contributed by atoms with Crippen LogP contribution in [0.15, 0.2) is 24.3 Å². The Hall–Kier alpha value is -1.02. The maximum Gasteiger partial charge on any atom is 0.119 e. The monoisotopic (exact) mass is 275 g/mol. The first-order valence-corrected chi connectivity index (χ1v) is 7.97. The smallest absolute Gasteiger partial charge is 0.119 e. The van der Waals surface area contributed by atoms with Crippen LogP contribution in [-0.2, 0) is 0 Å². The Kier molecular flexibility index (Phi) is 5.47. The highest BCUT2D eigenvalue weighted by atomic mass is 16.5. The minimum absolute atomic E-state index is 0.457. The van der Waals surface area contributed by atoms with Crippen LogP contribution in [0.1, 0.15) is 51.1 Å². The predicted molar refractivity (Wildman–Crippen MR) is 85.1 cm³/mol. The van der Waals surface area contributed by atoms with E-state index >= 15 is 0 Å². The zero-order valence-electron chi connectivity index (χ0n) is 13.4. The van der Waals surface area contributed by atoms with E-state index in [1.807, 2.05) is 6.07 Å². The van der Waals surface area contributed by atoms with Gasteiger partial charge in [-0.1, -0.05) is 26.0 Å². The average Bonchev–Trinajstić information content (AvgIpc) is 2.49. The van der Waals surface area contributed by atoms with Crippen LogP contribution in [0.5, 0.6) is 5.75 Å². The number of nitrogens with one attached hydrogen (secondary N) is 1. The van der Waals surface area contributed by atoms with Gasteiger partial charge in [-0.2, -0.15) is 0 Å². The molecule has 1 fully saturated rings. The molecule has 0 aromatic heterocycles. The Morgan fingerprint density at radius 1 is 1.10 bits per heavy atom. The highest BCUT2D eigenvalue weighted by Gasteiger charge is 2.28. The molecule has 1 saturated carbocycles. The lowest BCUT2D eigenvalue weighted by Gasteiger charge is -2.35. The molecule has 1 aliphatic carbocycles. The summed E-state index contributed by atoms with van der Waals surface area (Å²) in [5, 5.41) is 3.53. The van der Waals surface area contributed by atoms with E-state index in [1.165, 1.54) is 31.2 Å². The molecule has 0 heterocycles. The third kappa shape index (κ3) is 3.54. The van der Waals surface area contributed by atoms with Crippen molar-refractivity contribution in [1.82, 2.24) is 5.32 Å². The van der Waals surface area contributed by atoms with Crippen molar-refractivity contribution in [3.8, 4) is 5.75 Å². The molecule has 1 unspecified atom stereocenters. The van der Waals surface area contributed by atoms with Gasteiger partial charge < -0.3 is 10.1 Å². The lowest BCUT2D eigenvalue weighted by Crippen LogP contribution is -2.29. The number of hydrogen-bond donors (Lipinski definition) is 1. The van der Waals surface area contributed by atoms with E-state index in [-0.39, 0.29) is 0 Å². The van der Waals surface area contributed by atoms with Crippen LogP contribution in [0.25, 0.3) is 0 Å². The van der Waals surface area contributed by atoms with Crippen molar-refractivity contribution in [3.05, 3.63) is 29.8 Å². The molecule has 0 amide bonds. The van der Waals surface area contributed by atoms with Crippen LogP contribution < -0.4 is 10.1 Å². The van der Waals surface area contributed by atoms with E-state index in [9.17, 15) is 0 Å². The molecule has 0 bridgehead atoms. The summed E-state index contributed by atoms with van der Waals surface area (Å²) in [7, 11) is 3.82. The van der Waals surface area contributed by atoms with Gasteiger partial charge in [0.1, 0.15) is 5.75 Å². The summed E-state index contributed by atoms with van der Waals surface area (Å²) < 4.78 is 5.36. The second kappa shape index (κ2) is 7.12. The normalized spacial score (nSPS) is 24.6. The first kappa shape index (κ1) is 15.4. The second-order valence-electron chi connectivity index (χ2n) is 6.46. The molecule has 0 radical (unpaired) electrons. The standard InChI is InChI=1S/C18H29NO/c1-13(2)14-8-10-15(11-9-14)18(19-3)16-6-5-7-17(12-16)20-4/h5-7,12-15,18-19H,8-11H2,1-4H3. The van der Waals surface area contributed by atoms with Gasteiger partial charge in [0.25, 0.3) is 0 Å². The number of rotatable bonds is 5. The van der Waals surface area contributed by atoms with Gasteiger partial charge in [0.2, 0.25) is 0 Å². The molecule has 20 heavy (non-hydrogen) atoms. The van der Waals surface area contributed by atoms with Crippen molar-refractivity contribution in [2.75, 3.05) is 14.2 Å². The van der Waals surface area contributed by atoms with Gasteiger partial charge in [-0.05, 0) is 68.2 Å². The quantitative estimate of drug-likeness (QED) is 0.859. The largest absolute Gasteiger partial charge is 0.497 e. The van der Waals surface area contributed by atoms with Crippen molar-refractivity contribution in [1.29, 1.82) is 0 Å². The maximum absolute atomic E-state index is 5.36. The molecule has 1 aliphatic rings. The van der Waals surface area contributed by atoms with Crippen LogP contribution in [0.2, 0.25) is 0 Å². The molecule has 1 aromatic carbocycles. The van der Waals surface area contributed by atoms with Gasteiger partial charge in [-0.3, -0.25) is 0 Å². The van der Waals surface area contributed by atoms with Crippen molar-refractivity contribution < 1.29 is 4.74 Å². The first-order chi connectivity index (χ1) is 9.65. The minimum atomic E-state index is 0.457. The van der Waals surface area contributed by atoms with Crippen LogP contribution in [0.4, 0.5) is 0 Å². The van der Waals surface area contributed by atoms with Crippen LogP contribution in [0.3, 0.4) is 0 Å². The molecular weight excluding hydrogens is 246 g/mol. The Labute approximate surface area is 123 Å². The fourth-order valence-corrected chi connectivity index (χ4v) is 3.65. The van der Waals surface area contributed by atoms with Gasteiger partial charge in [0.15, 0.2) is 0 Å². The molecule has 0 spiro atoms. The molecular formula is C18H29NO. The zero-order valence-corrected chi connectivity index (χ0v) is 13.4. The molecule has 2 rings (SSSR count). The van der Waals surface area contributed by atoms with Crippen LogP contribution in [-0.4, -0.2) is 14.2 Å². The third-order valence-electron chi connectivity index (χ3n) is 4.99. The van der Waals surface area contributed by atoms with Crippen molar-refractivity contribution in [2.24, 2.45) is 17.8 Å². The van der Waals surface area contributed by atoms with E-state index < -0.39 is 0 Å². The number of benzene rings is 1. The molecule has 1 atom stereocenters. The average molecular weight is 275 g/mol. The van der Waals surface area contributed by atoms with E-state index in [0.29, 0.717) is 6.04 Å². The lowest BCUT2D eigenvalue weighted by molar-refractivity contribution is 0.192.